The molecule has 0 spiro atoms. The number of nitrogens with zero attached hydrogens (tertiary/aromatic N) is 2. The third-order valence-electron chi connectivity index (χ3n) is 4.79. The molecule has 1 fully saturated rings. The molecule has 0 saturated carbocycles. The fourth-order valence-corrected chi connectivity index (χ4v) is 3.70. The smallest absolute Gasteiger partial charge is 0.410 e. The fraction of sp³-hybridized carbons (Fsp3) is 0.450. The van der Waals surface area contributed by atoms with Gasteiger partial charge in [-0.15, -0.1) is 11.3 Å². The van der Waals surface area contributed by atoms with Crippen molar-refractivity contribution in [1.29, 1.82) is 0 Å². The number of primary amides is 1. The molecule has 1 saturated heterocycles. The lowest BCUT2D eigenvalue weighted by Gasteiger charge is -2.31. The Bertz CT molecular complexity index is 756. The maximum absolute atomic E-state index is 12.1. The number of rotatable bonds is 8. The number of nitrogens with two attached hydrogens (primary N) is 1. The topological polar surface area (TPSA) is 94.8 Å². The van der Waals surface area contributed by atoms with Gasteiger partial charge in [0.05, 0.1) is 23.4 Å². The third-order valence-corrected chi connectivity index (χ3v) is 5.54. The predicted molar refractivity (Wildman–Crippen MR) is 106 cm³/mol. The first-order chi connectivity index (χ1) is 13.6. The second-order valence-electron chi connectivity index (χ2n) is 6.88. The number of hydrogen-bond acceptors (Lipinski definition) is 6. The number of piperidine rings is 1. The lowest BCUT2D eigenvalue weighted by atomic mass is 9.94. The number of likely N-dealkylation sites (tertiary alicyclic amines) is 1. The van der Waals surface area contributed by atoms with Crippen molar-refractivity contribution in [3.05, 3.63) is 46.4 Å². The van der Waals surface area contributed by atoms with E-state index >= 15 is 0 Å². The zero-order valence-electron chi connectivity index (χ0n) is 15.7. The van der Waals surface area contributed by atoms with Crippen molar-refractivity contribution in [3.63, 3.8) is 0 Å². The number of ether oxygens (including phenoxy) is 2. The second kappa shape index (κ2) is 10.1. The summed E-state index contributed by atoms with van der Waals surface area (Å²) < 4.78 is 11.1. The Balaban J connectivity index is 1.32. The van der Waals surface area contributed by atoms with E-state index in [-0.39, 0.29) is 25.0 Å². The molecule has 0 unspecified atom stereocenters. The van der Waals surface area contributed by atoms with Crippen molar-refractivity contribution in [2.24, 2.45) is 11.7 Å². The highest BCUT2D eigenvalue weighted by molar-refractivity contribution is 7.09. The van der Waals surface area contributed by atoms with Gasteiger partial charge in [0.15, 0.2) is 0 Å². The second-order valence-corrected chi connectivity index (χ2v) is 7.85. The van der Waals surface area contributed by atoms with E-state index in [2.05, 4.69) is 4.98 Å². The molecule has 1 aliphatic heterocycles. The number of carbonyl (C=O) groups is 2. The molecule has 7 nitrogen and oxygen atoms in total. The van der Waals surface area contributed by atoms with Crippen molar-refractivity contribution in [2.45, 2.75) is 32.3 Å². The summed E-state index contributed by atoms with van der Waals surface area (Å²) in [6.07, 6.45) is 4.57. The van der Waals surface area contributed by atoms with Crippen molar-refractivity contribution in [1.82, 2.24) is 9.88 Å². The van der Waals surface area contributed by atoms with E-state index in [0.717, 1.165) is 35.5 Å². The molecule has 0 atom stereocenters. The number of amides is 2. The van der Waals surface area contributed by atoms with Crippen molar-refractivity contribution in [2.75, 3.05) is 19.7 Å². The van der Waals surface area contributed by atoms with E-state index in [9.17, 15) is 9.59 Å². The number of thiazole rings is 1. The van der Waals surface area contributed by atoms with Crippen LogP contribution < -0.4 is 10.5 Å². The van der Waals surface area contributed by atoms with E-state index < -0.39 is 0 Å². The molecule has 1 aromatic carbocycles. The van der Waals surface area contributed by atoms with Gasteiger partial charge in [0, 0.05) is 19.3 Å². The van der Waals surface area contributed by atoms with Crippen LogP contribution in [0.15, 0.2) is 36.0 Å². The maximum Gasteiger partial charge on any atom is 0.410 e. The highest BCUT2D eigenvalue weighted by Gasteiger charge is 2.23. The summed E-state index contributed by atoms with van der Waals surface area (Å²) in [5, 5.41) is 0. The minimum Gasteiger partial charge on any atom is -0.494 e. The van der Waals surface area contributed by atoms with Gasteiger partial charge >= 0.3 is 6.09 Å². The van der Waals surface area contributed by atoms with E-state index in [1.54, 1.807) is 16.6 Å². The molecule has 1 aliphatic rings. The van der Waals surface area contributed by atoms with Crippen molar-refractivity contribution >= 4 is 23.3 Å². The summed E-state index contributed by atoms with van der Waals surface area (Å²) in [6, 6.07) is 7.44. The molecule has 2 amide bonds. The molecule has 0 radical (unpaired) electrons. The minimum absolute atomic E-state index is 0.242. The Kier molecular flexibility index (Phi) is 7.25. The van der Waals surface area contributed by atoms with Crippen LogP contribution in [0.25, 0.3) is 0 Å². The first kappa shape index (κ1) is 20.1. The Morgan fingerprint density at radius 1 is 1.21 bits per heavy atom. The van der Waals surface area contributed by atoms with Gasteiger partial charge in [-0.3, -0.25) is 9.78 Å². The number of carbonyl (C=O) groups excluding carboxylic acids is 2. The zero-order valence-corrected chi connectivity index (χ0v) is 16.5. The molecular formula is C20H25N3O4S. The Labute approximate surface area is 168 Å². The zero-order chi connectivity index (χ0) is 19.8. The van der Waals surface area contributed by atoms with Gasteiger partial charge in [0.1, 0.15) is 12.4 Å². The Hall–Kier alpha value is -2.61. The molecule has 28 heavy (non-hydrogen) atoms. The van der Waals surface area contributed by atoms with Gasteiger partial charge in [-0.25, -0.2) is 4.79 Å². The van der Waals surface area contributed by atoms with Crippen LogP contribution in [0.1, 0.15) is 29.7 Å². The average Bonchev–Trinajstić information content (AvgIpc) is 3.21. The van der Waals surface area contributed by atoms with Gasteiger partial charge in [0.2, 0.25) is 5.91 Å². The summed E-state index contributed by atoms with van der Waals surface area (Å²) >= 11 is 1.48. The molecule has 0 aliphatic carbocycles. The lowest BCUT2D eigenvalue weighted by Crippen LogP contribution is -2.39. The largest absolute Gasteiger partial charge is 0.494 e. The maximum atomic E-state index is 12.1. The first-order valence-electron chi connectivity index (χ1n) is 9.39. The van der Waals surface area contributed by atoms with E-state index in [1.165, 1.54) is 11.3 Å². The summed E-state index contributed by atoms with van der Waals surface area (Å²) in [7, 11) is 0. The quantitative estimate of drug-likeness (QED) is 0.731. The van der Waals surface area contributed by atoms with Gasteiger partial charge in [-0.2, -0.15) is 0 Å². The van der Waals surface area contributed by atoms with Crippen LogP contribution in [0.2, 0.25) is 0 Å². The van der Waals surface area contributed by atoms with Gasteiger partial charge < -0.3 is 20.1 Å². The lowest BCUT2D eigenvalue weighted by molar-refractivity contribution is -0.117. The van der Waals surface area contributed by atoms with Crippen LogP contribution >= 0.6 is 11.3 Å². The Morgan fingerprint density at radius 3 is 2.61 bits per heavy atom. The first-order valence-corrected chi connectivity index (χ1v) is 10.3. The average molecular weight is 404 g/mol. The fourth-order valence-electron chi connectivity index (χ4n) is 3.19. The number of aromatic nitrogens is 1. The Morgan fingerprint density at radius 2 is 1.96 bits per heavy atom. The molecule has 3 rings (SSSR count). The summed E-state index contributed by atoms with van der Waals surface area (Å²) in [4.78, 5) is 29.7. The van der Waals surface area contributed by atoms with Gasteiger partial charge in [-0.05, 0) is 42.9 Å². The molecule has 1 aromatic heterocycles. The monoisotopic (exact) mass is 403 g/mol. The summed E-state index contributed by atoms with van der Waals surface area (Å²) in [5.74, 6) is 0.990. The van der Waals surface area contributed by atoms with Crippen LogP contribution in [-0.2, 0) is 22.6 Å². The molecule has 2 N–H and O–H groups in total. The molecule has 150 valence electrons. The van der Waals surface area contributed by atoms with Crippen LogP contribution in [-0.4, -0.2) is 41.6 Å². The highest BCUT2D eigenvalue weighted by Crippen LogP contribution is 2.22. The van der Waals surface area contributed by atoms with Crippen molar-refractivity contribution < 1.29 is 19.1 Å². The summed E-state index contributed by atoms with van der Waals surface area (Å²) in [6.45, 7) is 2.35. The third kappa shape index (κ3) is 6.23. The summed E-state index contributed by atoms with van der Waals surface area (Å²) in [5.41, 5.74) is 7.80. The molecule has 8 heteroatoms. The van der Waals surface area contributed by atoms with E-state index in [0.29, 0.717) is 25.6 Å². The number of benzene rings is 1. The standard InChI is InChI=1S/C20H25N3O4S/c21-19(24)11-16-1-3-17(4-2-16)26-10-7-15-5-8-23(9-6-15)20(25)27-13-18-12-22-14-28-18/h1-4,12,14-15H,5-11,13H2,(H2,21,24). The SMILES string of the molecule is NC(=O)Cc1ccc(OCCC2CCN(C(=O)OCc3cncs3)CC2)cc1. The van der Waals surface area contributed by atoms with Crippen LogP contribution in [0.3, 0.4) is 0 Å². The van der Waals surface area contributed by atoms with E-state index in [1.807, 2.05) is 24.3 Å². The van der Waals surface area contributed by atoms with Gasteiger partial charge in [-0.1, -0.05) is 12.1 Å². The van der Waals surface area contributed by atoms with E-state index in [4.69, 9.17) is 15.2 Å². The minimum atomic E-state index is -0.340. The highest BCUT2D eigenvalue weighted by atomic mass is 32.1. The molecule has 0 bridgehead atoms. The van der Waals surface area contributed by atoms with Crippen LogP contribution in [0.5, 0.6) is 5.75 Å². The predicted octanol–water partition coefficient (Wildman–Crippen LogP) is 2.99. The van der Waals surface area contributed by atoms with Gasteiger partial charge in [0.25, 0.3) is 0 Å². The van der Waals surface area contributed by atoms with Crippen molar-refractivity contribution in [3.8, 4) is 5.75 Å². The van der Waals surface area contributed by atoms with Crippen LogP contribution in [0, 0.1) is 5.92 Å². The van der Waals surface area contributed by atoms with Crippen LogP contribution in [0.4, 0.5) is 4.79 Å². The molecular weight excluding hydrogens is 378 g/mol. The normalized spacial score (nSPS) is 14.6. The molecule has 2 heterocycles. The number of hydrogen-bond donors (Lipinski definition) is 1. The molecule has 2 aromatic rings.